The molecular formula is C28H32N2O2. The lowest BCUT2D eigenvalue weighted by Gasteiger charge is -2.47. The number of nitrogens with one attached hydrogen (secondary N) is 1. The lowest BCUT2D eigenvalue weighted by Crippen LogP contribution is -2.64. The second kappa shape index (κ2) is 7.33. The second-order valence-electron chi connectivity index (χ2n) is 10.3. The first-order chi connectivity index (χ1) is 15.3. The highest BCUT2D eigenvalue weighted by Crippen LogP contribution is 2.75. The Bertz CT molecular complexity index is 1070. The summed E-state index contributed by atoms with van der Waals surface area (Å²) in [6, 6.07) is 19.8. The number of nitrogens with zero attached hydrogens (tertiary/aromatic N) is 1. The van der Waals surface area contributed by atoms with Crippen LogP contribution in [0.2, 0.25) is 0 Å². The van der Waals surface area contributed by atoms with Crippen LogP contribution >= 0.6 is 0 Å². The van der Waals surface area contributed by atoms with Crippen molar-refractivity contribution in [2.24, 2.45) is 16.7 Å². The number of amides is 2. The maximum atomic E-state index is 14.0. The zero-order valence-corrected chi connectivity index (χ0v) is 19.2. The number of carbonyl (C=O) groups is 2. The average molecular weight is 429 g/mol. The summed E-state index contributed by atoms with van der Waals surface area (Å²) in [6.45, 7) is 7.23. The van der Waals surface area contributed by atoms with Crippen molar-refractivity contribution in [2.75, 3.05) is 6.54 Å². The number of likely N-dealkylation sites (tertiary alicyclic amines) is 1. The molecule has 4 nitrogen and oxygen atoms in total. The van der Waals surface area contributed by atoms with E-state index in [4.69, 9.17) is 0 Å². The van der Waals surface area contributed by atoms with Crippen molar-refractivity contribution in [1.82, 2.24) is 10.2 Å². The van der Waals surface area contributed by atoms with Crippen molar-refractivity contribution in [3.8, 4) is 0 Å². The van der Waals surface area contributed by atoms with Crippen LogP contribution in [0, 0.1) is 16.7 Å². The quantitative estimate of drug-likeness (QED) is 0.683. The monoisotopic (exact) mass is 428 g/mol. The SMILES string of the molecule is CC(NC(=O)C12CC3CCC1(C)C3(C)CN2C(=O)/C=C/c1ccccc1)c1ccccc1. The zero-order chi connectivity index (χ0) is 22.6. The highest BCUT2D eigenvalue weighted by Gasteiger charge is 2.80. The van der Waals surface area contributed by atoms with Crippen LogP contribution in [0.3, 0.4) is 0 Å². The zero-order valence-electron chi connectivity index (χ0n) is 19.2. The van der Waals surface area contributed by atoms with Gasteiger partial charge in [0.1, 0.15) is 5.54 Å². The standard InChI is InChI=1S/C28H32N2O2/c1-20(22-12-8-5-9-13-22)29-25(32)28-18-23-16-17-27(28,3)26(23,2)19-30(28)24(31)15-14-21-10-6-4-7-11-21/h4-15,20,23H,16-19H2,1-3H3,(H,29,32)/b15-14+. The Balaban J connectivity index is 1.47. The van der Waals surface area contributed by atoms with Gasteiger partial charge in [-0.3, -0.25) is 9.59 Å². The van der Waals surface area contributed by atoms with E-state index in [-0.39, 0.29) is 28.7 Å². The summed E-state index contributed by atoms with van der Waals surface area (Å²) in [5.41, 5.74) is 1.05. The van der Waals surface area contributed by atoms with Crippen LogP contribution in [0.25, 0.3) is 6.08 Å². The predicted molar refractivity (Wildman–Crippen MR) is 126 cm³/mol. The molecule has 3 fully saturated rings. The minimum atomic E-state index is -0.786. The van der Waals surface area contributed by atoms with Gasteiger partial charge in [0.05, 0.1) is 6.04 Å². The second-order valence-corrected chi connectivity index (χ2v) is 10.3. The normalized spacial score (nSPS) is 33.6. The van der Waals surface area contributed by atoms with E-state index in [0.717, 1.165) is 30.4 Å². The summed E-state index contributed by atoms with van der Waals surface area (Å²) >= 11 is 0. The van der Waals surface area contributed by atoms with Gasteiger partial charge in [0, 0.05) is 18.0 Å². The molecule has 4 heteroatoms. The predicted octanol–water partition coefficient (Wildman–Crippen LogP) is 4.98. The first-order valence-corrected chi connectivity index (χ1v) is 11.7. The number of benzene rings is 2. The molecule has 4 bridgehead atoms. The summed E-state index contributed by atoms with van der Waals surface area (Å²) in [5.74, 6) is 0.433. The van der Waals surface area contributed by atoms with Crippen molar-refractivity contribution in [1.29, 1.82) is 0 Å². The molecule has 2 aromatic carbocycles. The number of rotatable bonds is 5. The fourth-order valence-electron chi connectivity index (χ4n) is 6.98. The van der Waals surface area contributed by atoms with E-state index >= 15 is 0 Å². The highest BCUT2D eigenvalue weighted by atomic mass is 16.2. The number of hydrogen-bond acceptors (Lipinski definition) is 2. The third-order valence-electron chi connectivity index (χ3n) is 9.06. The topological polar surface area (TPSA) is 49.4 Å². The Labute approximate surface area is 190 Å². The van der Waals surface area contributed by atoms with E-state index in [2.05, 4.69) is 19.2 Å². The van der Waals surface area contributed by atoms with Crippen molar-refractivity contribution in [2.45, 2.75) is 51.6 Å². The smallest absolute Gasteiger partial charge is 0.247 e. The van der Waals surface area contributed by atoms with Crippen LogP contribution in [-0.2, 0) is 9.59 Å². The van der Waals surface area contributed by atoms with Crippen LogP contribution in [0.1, 0.15) is 57.2 Å². The Morgan fingerprint density at radius 3 is 2.38 bits per heavy atom. The molecule has 32 heavy (non-hydrogen) atoms. The highest BCUT2D eigenvalue weighted by molar-refractivity contribution is 5.99. The van der Waals surface area contributed by atoms with Gasteiger partial charge in [-0.1, -0.05) is 74.5 Å². The van der Waals surface area contributed by atoms with Crippen molar-refractivity contribution in [3.05, 3.63) is 77.9 Å². The lowest BCUT2D eigenvalue weighted by molar-refractivity contribution is -0.149. The molecule has 5 rings (SSSR count). The Kier molecular flexibility index (Phi) is 4.81. The summed E-state index contributed by atoms with van der Waals surface area (Å²) < 4.78 is 0. The first kappa shape index (κ1) is 21.0. The Morgan fingerprint density at radius 2 is 1.72 bits per heavy atom. The molecule has 2 aliphatic carbocycles. The lowest BCUT2D eigenvalue weighted by atomic mass is 9.65. The van der Waals surface area contributed by atoms with Gasteiger partial charge in [-0.25, -0.2) is 0 Å². The first-order valence-electron chi connectivity index (χ1n) is 11.7. The Hall–Kier alpha value is -2.88. The fourth-order valence-corrected chi connectivity index (χ4v) is 6.98. The third-order valence-corrected chi connectivity index (χ3v) is 9.06. The number of carbonyl (C=O) groups excluding carboxylic acids is 2. The van der Waals surface area contributed by atoms with Gasteiger partial charge in [0.2, 0.25) is 11.8 Å². The van der Waals surface area contributed by atoms with Crippen LogP contribution in [0.5, 0.6) is 0 Å². The van der Waals surface area contributed by atoms with Crippen LogP contribution in [-0.4, -0.2) is 28.8 Å². The molecule has 1 heterocycles. The van der Waals surface area contributed by atoms with Crippen molar-refractivity contribution >= 4 is 17.9 Å². The summed E-state index contributed by atoms with van der Waals surface area (Å²) in [6.07, 6.45) is 6.41. The van der Waals surface area contributed by atoms with E-state index in [1.165, 1.54) is 0 Å². The van der Waals surface area contributed by atoms with Gasteiger partial charge in [-0.15, -0.1) is 0 Å². The molecule has 1 N–H and O–H groups in total. The molecule has 5 unspecified atom stereocenters. The van der Waals surface area contributed by atoms with Gasteiger partial charge < -0.3 is 10.2 Å². The number of piperidine rings is 1. The van der Waals surface area contributed by atoms with E-state index in [0.29, 0.717) is 12.5 Å². The molecule has 2 saturated carbocycles. The van der Waals surface area contributed by atoms with Gasteiger partial charge >= 0.3 is 0 Å². The molecule has 0 radical (unpaired) electrons. The van der Waals surface area contributed by atoms with E-state index in [1.54, 1.807) is 6.08 Å². The van der Waals surface area contributed by atoms with Crippen LogP contribution < -0.4 is 5.32 Å². The fraction of sp³-hybridized carbons (Fsp3) is 0.429. The molecule has 1 saturated heterocycles. The molecule has 166 valence electrons. The minimum Gasteiger partial charge on any atom is -0.348 e. The van der Waals surface area contributed by atoms with Crippen molar-refractivity contribution in [3.63, 3.8) is 0 Å². The number of hydrogen-bond donors (Lipinski definition) is 1. The van der Waals surface area contributed by atoms with E-state index < -0.39 is 5.54 Å². The maximum absolute atomic E-state index is 14.0. The summed E-state index contributed by atoms with van der Waals surface area (Å²) in [4.78, 5) is 29.4. The molecule has 3 aliphatic rings. The van der Waals surface area contributed by atoms with E-state index in [1.807, 2.05) is 78.6 Å². The van der Waals surface area contributed by atoms with E-state index in [9.17, 15) is 9.59 Å². The summed E-state index contributed by atoms with van der Waals surface area (Å²) in [7, 11) is 0. The average Bonchev–Trinajstić information content (AvgIpc) is 3.27. The molecular weight excluding hydrogens is 396 g/mol. The molecule has 2 aromatic rings. The Morgan fingerprint density at radius 1 is 1.06 bits per heavy atom. The molecule has 1 aliphatic heterocycles. The van der Waals surface area contributed by atoms with Crippen LogP contribution in [0.15, 0.2) is 66.7 Å². The molecule has 0 spiro atoms. The minimum absolute atomic E-state index is 0.00346. The molecule has 0 aromatic heterocycles. The largest absolute Gasteiger partial charge is 0.348 e. The third kappa shape index (κ3) is 2.74. The van der Waals surface area contributed by atoms with Gasteiger partial charge in [0.25, 0.3) is 0 Å². The van der Waals surface area contributed by atoms with Gasteiger partial charge in [0.15, 0.2) is 0 Å². The summed E-state index contributed by atoms with van der Waals surface area (Å²) in [5, 5.41) is 3.29. The molecule has 2 amide bonds. The van der Waals surface area contributed by atoms with Crippen molar-refractivity contribution < 1.29 is 9.59 Å². The van der Waals surface area contributed by atoms with Crippen LogP contribution in [0.4, 0.5) is 0 Å². The van der Waals surface area contributed by atoms with Gasteiger partial charge in [-0.05, 0) is 54.7 Å². The van der Waals surface area contributed by atoms with Gasteiger partial charge in [-0.2, -0.15) is 0 Å². The molecule has 5 atom stereocenters. The maximum Gasteiger partial charge on any atom is 0.247 e.